The third-order valence-corrected chi connectivity index (χ3v) is 6.40. The van der Waals surface area contributed by atoms with E-state index in [0.29, 0.717) is 11.3 Å². The summed E-state index contributed by atoms with van der Waals surface area (Å²) in [6, 6.07) is 4.71. The summed E-state index contributed by atoms with van der Waals surface area (Å²) in [4.78, 5) is 4.53. The van der Waals surface area contributed by atoms with E-state index in [9.17, 15) is 0 Å². The van der Waals surface area contributed by atoms with Crippen molar-refractivity contribution in [2.45, 2.75) is 62.3 Å². The maximum absolute atomic E-state index is 4.53. The minimum atomic E-state index is 0.636. The van der Waals surface area contributed by atoms with E-state index in [1.807, 2.05) is 24.0 Å². The number of nitrogens with one attached hydrogen (secondary N) is 1. The van der Waals surface area contributed by atoms with Crippen LogP contribution in [0.1, 0.15) is 46.0 Å². The van der Waals surface area contributed by atoms with Gasteiger partial charge in [-0.05, 0) is 66.2 Å². The number of hydrogen-bond donors (Lipinski definition) is 1. The summed E-state index contributed by atoms with van der Waals surface area (Å²) in [7, 11) is 0. The lowest BCUT2D eigenvalue weighted by atomic mass is 9.84. The summed E-state index contributed by atoms with van der Waals surface area (Å²) >= 11 is 5.57. The van der Waals surface area contributed by atoms with Crippen molar-refractivity contribution in [3.8, 4) is 0 Å². The van der Waals surface area contributed by atoms with Gasteiger partial charge in [-0.1, -0.05) is 20.3 Å². The number of thioether (sulfide) groups is 1. The predicted molar refractivity (Wildman–Crippen MR) is 91.3 cm³/mol. The van der Waals surface area contributed by atoms with Crippen molar-refractivity contribution in [1.29, 1.82) is 0 Å². The van der Waals surface area contributed by atoms with Crippen molar-refractivity contribution in [3.05, 3.63) is 22.8 Å². The summed E-state index contributed by atoms with van der Waals surface area (Å²) in [6.07, 6.45) is 8.39. The molecule has 0 aromatic carbocycles. The highest BCUT2D eigenvalue weighted by Crippen LogP contribution is 2.39. The Labute approximate surface area is 135 Å². The maximum atomic E-state index is 4.53. The van der Waals surface area contributed by atoms with Gasteiger partial charge in [0.2, 0.25) is 0 Å². The molecular weight excluding hydrogens is 332 g/mol. The first-order chi connectivity index (χ1) is 9.74. The van der Waals surface area contributed by atoms with Gasteiger partial charge in [-0.3, -0.25) is 0 Å². The Kier molecular flexibility index (Phi) is 6.85. The third-order valence-electron chi connectivity index (χ3n) is 4.12. The van der Waals surface area contributed by atoms with E-state index in [-0.39, 0.29) is 0 Å². The van der Waals surface area contributed by atoms with Crippen molar-refractivity contribution in [3.63, 3.8) is 0 Å². The van der Waals surface area contributed by atoms with Crippen LogP contribution in [0.25, 0.3) is 0 Å². The smallest absolute Gasteiger partial charge is 0.110 e. The average Bonchev–Trinajstić information content (AvgIpc) is 2.48. The fraction of sp³-hybridized carbons (Fsp3) is 0.688. The van der Waals surface area contributed by atoms with Crippen LogP contribution in [-0.2, 0) is 0 Å². The third kappa shape index (κ3) is 4.47. The highest BCUT2D eigenvalue weighted by molar-refractivity contribution is 9.10. The van der Waals surface area contributed by atoms with Gasteiger partial charge >= 0.3 is 0 Å². The van der Waals surface area contributed by atoms with Crippen LogP contribution in [0.2, 0.25) is 0 Å². The van der Waals surface area contributed by atoms with Crippen LogP contribution in [0, 0.1) is 5.92 Å². The second-order valence-corrected chi connectivity index (χ2v) is 7.68. The van der Waals surface area contributed by atoms with E-state index in [2.05, 4.69) is 46.1 Å². The molecule has 3 unspecified atom stereocenters. The SMILES string of the molecule is CCCNC1CCC(CC)CC1Sc1ncccc1Br. The Hall–Kier alpha value is -0.0600. The number of nitrogens with zero attached hydrogens (tertiary/aromatic N) is 1. The summed E-state index contributed by atoms with van der Waals surface area (Å²) in [6.45, 7) is 5.69. The van der Waals surface area contributed by atoms with E-state index in [4.69, 9.17) is 0 Å². The van der Waals surface area contributed by atoms with Crippen molar-refractivity contribution in [2.75, 3.05) is 6.54 Å². The first kappa shape index (κ1) is 16.3. The zero-order valence-corrected chi connectivity index (χ0v) is 14.8. The summed E-state index contributed by atoms with van der Waals surface area (Å²) in [5.74, 6) is 0.884. The normalized spacial score (nSPS) is 26.6. The summed E-state index contributed by atoms with van der Waals surface area (Å²) in [5.41, 5.74) is 0. The van der Waals surface area contributed by atoms with Crippen LogP contribution in [0.15, 0.2) is 27.8 Å². The molecule has 2 nitrogen and oxygen atoms in total. The van der Waals surface area contributed by atoms with Gasteiger partial charge < -0.3 is 5.32 Å². The van der Waals surface area contributed by atoms with E-state index >= 15 is 0 Å². The molecule has 1 saturated carbocycles. The molecule has 1 N–H and O–H groups in total. The number of rotatable bonds is 6. The minimum Gasteiger partial charge on any atom is -0.313 e. The molecule has 2 rings (SSSR count). The molecule has 0 saturated heterocycles. The number of halogens is 1. The van der Waals surface area contributed by atoms with Gasteiger partial charge in [-0.2, -0.15) is 0 Å². The molecule has 1 aliphatic rings. The van der Waals surface area contributed by atoms with Crippen molar-refractivity contribution < 1.29 is 0 Å². The minimum absolute atomic E-state index is 0.636. The number of aromatic nitrogens is 1. The van der Waals surface area contributed by atoms with Crippen LogP contribution >= 0.6 is 27.7 Å². The van der Waals surface area contributed by atoms with Crippen LogP contribution in [0.3, 0.4) is 0 Å². The second-order valence-electron chi connectivity index (χ2n) is 5.59. The Morgan fingerprint density at radius 1 is 1.40 bits per heavy atom. The Morgan fingerprint density at radius 2 is 2.25 bits per heavy atom. The van der Waals surface area contributed by atoms with Crippen LogP contribution in [0.5, 0.6) is 0 Å². The Morgan fingerprint density at radius 3 is 2.95 bits per heavy atom. The molecule has 1 aliphatic carbocycles. The lowest BCUT2D eigenvalue weighted by Gasteiger charge is -2.36. The molecule has 1 aromatic rings. The van der Waals surface area contributed by atoms with Gasteiger partial charge in [0, 0.05) is 22.0 Å². The molecule has 1 heterocycles. The highest BCUT2D eigenvalue weighted by Gasteiger charge is 2.30. The fourth-order valence-electron chi connectivity index (χ4n) is 2.88. The van der Waals surface area contributed by atoms with Crippen molar-refractivity contribution >= 4 is 27.7 Å². The molecule has 3 atom stereocenters. The first-order valence-corrected chi connectivity index (χ1v) is 9.42. The van der Waals surface area contributed by atoms with Gasteiger partial charge in [0.15, 0.2) is 0 Å². The zero-order chi connectivity index (χ0) is 14.4. The van der Waals surface area contributed by atoms with Gasteiger partial charge in [0.25, 0.3) is 0 Å². The van der Waals surface area contributed by atoms with Crippen LogP contribution in [-0.4, -0.2) is 22.8 Å². The summed E-state index contributed by atoms with van der Waals surface area (Å²) < 4.78 is 1.12. The van der Waals surface area contributed by atoms with Crippen LogP contribution in [0.4, 0.5) is 0 Å². The molecule has 20 heavy (non-hydrogen) atoms. The van der Waals surface area contributed by atoms with Gasteiger partial charge in [0.05, 0.1) is 0 Å². The second kappa shape index (κ2) is 8.40. The topological polar surface area (TPSA) is 24.9 Å². The molecule has 1 aromatic heterocycles. The fourth-order valence-corrected chi connectivity index (χ4v) is 4.77. The molecular formula is C16H25BrN2S. The van der Waals surface area contributed by atoms with Gasteiger partial charge in [-0.15, -0.1) is 11.8 Å². The largest absolute Gasteiger partial charge is 0.313 e. The molecule has 4 heteroatoms. The number of hydrogen-bond acceptors (Lipinski definition) is 3. The van der Waals surface area contributed by atoms with Crippen molar-refractivity contribution in [2.24, 2.45) is 5.92 Å². The summed E-state index contributed by atoms with van der Waals surface area (Å²) in [5, 5.41) is 5.52. The maximum Gasteiger partial charge on any atom is 0.110 e. The van der Waals surface area contributed by atoms with E-state index in [1.54, 1.807) is 0 Å². The quantitative estimate of drug-likeness (QED) is 0.785. The molecule has 0 radical (unpaired) electrons. The first-order valence-electron chi connectivity index (χ1n) is 7.75. The van der Waals surface area contributed by atoms with Crippen LogP contribution < -0.4 is 5.32 Å². The molecule has 112 valence electrons. The molecule has 0 bridgehead atoms. The molecule has 1 fully saturated rings. The van der Waals surface area contributed by atoms with Crippen molar-refractivity contribution in [1.82, 2.24) is 10.3 Å². The van der Waals surface area contributed by atoms with Gasteiger partial charge in [-0.25, -0.2) is 4.98 Å². The average molecular weight is 357 g/mol. The standard InChI is InChI=1S/C16H25BrN2S/c1-3-9-18-14-8-7-12(4-2)11-15(14)20-16-13(17)6-5-10-19-16/h5-6,10,12,14-15,18H,3-4,7-9,11H2,1-2H3. The van der Waals surface area contributed by atoms with E-state index < -0.39 is 0 Å². The molecule has 0 amide bonds. The molecule has 0 spiro atoms. The van der Waals surface area contributed by atoms with E-state index in [0.717, 1.165) is 22.0 Å². The Bertz CT molecular complexity index is 413. The lowest BCUT2D eigenvalue weighted by molar-refractivity contribution is 0.295. The monoisotopic (exact) mass is 356 g/mol. The highest BCUT2D eigenvalue weighted by atomic mass is 79.9. The number of pyridine rings is 1. The zero-order valence-electron chi connectivity index (χ0n) is 12.4. The Balaban J connectivity index is 2.04. The lowest BCUT2D eigenvalue weighted by Crippen LogP contribution is -2.42. The molecule has 0 aliphatic heterocycles. The predicted octanol–water partition coefficient (Wildman–Crippen LogP) is 4.88. The van der Waals surface area contributed by atoms with E-state index in [1.165, 1.54) is 32.1 Å². The van der Waals surface area contributed by atoms with Gasteiger partial charge in [0.1, 0.15) is 5.03 Å².